The number of nitrogens with one attached hydrogen (secondary N) is 1. The fourth-order valence-corrected chi connectivity index (χ4v) is 4.91. The van der Waals surface area contributed by atoms with Crippen LogP contribution in [0, 0.1) is 0 Å². The number of nitrogens with zero attached hydrogens (tertiary/aromatic N) is 2. The normalized spacial score (nSPS) is 15.2. The molecule has 10 heteroatoms. The maximum Gasteiger partial charge on any atom is 0.337 e. The van der Waals surface area contributed by atoms with Crippen molar-refractivity contribution in [2.45, 2.75) is 37.0 Å². The molecular weight excluding hydrogens is 430 g/mol. The van der Waals surface area contributed by atoms with Gasteiger partial charge in [0.05, 0.1) is 18.4 Å². The van der Waals surface area contributed by atoms with Crippen molar-refractivity contribution in [3.05, 3.63) is 41.0 Å². The summed E-state index contributed by atoms with van der Waals surface area (Å²) in [7, 11) is -2.76. The van der Waals surface area contributed by atoms with E-state index in [1.54, 1.807) is 0 Å². The Morgan fingerprint density at radius 1 is 1.17 bits per heavy atom. The van der Waals surface area contributed by atoms with Gasteiger partial charge in [0.15, 0.2) is 5.82 Å². The number of carboxylic acids is 1. The van der Waals surface area contributed by atoms with E-state index >= 15 is 0 Å². The fraction of sp³-hybridized carbons (Fsp3) is 0.400. The summed E-state index contributed by atoms with van der Waals surface area (Å²) in [4.78, 5) is 17.6. The van der Waals surface area contributed by atoms with Crippen LogP contribution < -0.4 is 14.4 Å². The number of hydrogen-bond acceptors (Lipinski definition) is 6. The first-order chi connectivity index (χ1) is 14.3. The molecule has 1 aliphatic heterocycles. The monoisotopic (exact) mass is 453 g/mol. The second-order valence-corrected chi connectivity index (χ2v) is 9.14. The summed E-state index contributed by atoms with van der Waals surface area (Å²) in [6.45, 7) is 1.43. The molecule has 2 N–H and O–H groups in total. The number of sulfonamides is 1. The molecule has 0 spiro atoms. The lowest BCUT2D eigenvalue weighted by atomic mass is 10.1. The van der Waals surface area contributed by atoms with Crippen LogP contribution in [0.4, 0.5) is 11.5 Å². The third-order valence-corrected chi connectivity index (χ3v) is 6.55. The predicted molar refractivity (Wildman–Crippen MR) is 115 cm³/mol. The number of aromatic carboxylic acids is 1. The van der Waals surface area contributed by atoms with E-state index in [-0.39, 0.29) is 26.9 Å². The Morgan fingerprint density at radius 3 is 2.47 bits per heavy atom. The second kappa shape index (κ2) is 9.53. The molecule has 0 radical (unpaired) electrons. The minimum Gasteiger partial charge on any atom is -0.495 e. The fourth-order valence-electron chi connectivity index (χ4n) is 3.42. The molecule has 30 heavy (non-hydrogen) atoms. The summed E-state index contributed by atoms with van der Waals surface area (Å²) in [5.74, 6) is -0.656. The Morgan fingerprint density at radius 2 is 1.83 bits per heavy atom. The van der Waals surface area contributed by atoms with Crippen molar-refractivity contribution >= 4 is 39.1 Å². The van der Waals surface area contributed by atoms with Gasteiger partial charge in [-0.2, -0.15) is 0 Å². The molecule has 0 aliphatic carbocycles. The number of hydrogen-bond donors (Lipinski definition) is 2. The first-order valence-electron chi connectivity index (χ1n) is 9.66. The number of methoxy groups -OCH3 is 1. The second-order valence-electron chi connectivity index (χ2n) is 7.06. The molecular formula is C20H24ClN3O5S. The van der Waals surface area contributed by atoms with Gasteiger partial charge in [-0.05, 0) is 37.1 Å². The van der Waals surface area contributed by atoms with Crippen molar-refractivity contribution in [2.75, 3.05) is 29.8 Å². The number of benzene rings is 1. The number of anilines is 2. The maximum atomic E-state index is 13.1. The Hall–Kier alpha value is -2.52. The Labute approximate surface area is 180 Å². The molecule has 0 bridgehead atoms. The van der Waals surface area contributed by atoms with Gasteiger partial charge in [0.2, 0.25) is 0 Å². The summed E-state index contributed by atoms with van der Waals surface area (Å²) in [5, 5.41) is 9.59. The van der Waals surface area contributed by atoms with Crippen LogP contribution in [-0.4, -0.2) is 44.7 Å². The zero-order chi connectivity index (χ0) is 21.7. The standard InChI is InChI=1S/C20H24ClN3O5S/c1-29-17-8-7-15(21)12-18(17)30(27,28)23-16-11-14(20(25)26)13-22-19(16)24-9-5-3-2-4-6-10-24/h7-8,11-13,23H,2-6,9-10H2,1H3,(H,25,26). The van der Waals surface area contributed by atoms with Crippen LogP contribution in [0.1, 0.15) is 42.5 Å². The summed E-state index contributed by atoms with van der Waals surface area (Å²) in [6, 6.07) is 5.56. The third kappa shape index (κ3) is 5.14. The van der Waals surface area contributed by atoms with Crippen LogP contribution in [0.5, 0.6) is 5.75 Å². The van der Waals surface area contributed by atoms with Crippen molar-refractivity contribution in [1.82, 2.24) is 4.98 Å². The molecule has 162 valence electrons. The number of aromatic nitrogens is 1. The Kier molecular flexibility index (Phi) is 7.04. The van der Waals surface area contributed by atoms with Crippen LogP contribution in [0.15, 0.2) is 35.4 Å². The van der Waals surface area contributed by atoms with E-state index in [0.717, 1.165) is 25.7 Å². The molecule has 1 aliphatic rings. The molecule has 1 aromatic carbocycles. The highest BCUT2D eigenvalue weighted by atomic mass is 35.5. The number of pyridine rings is 1. The van der Waals surface area contributed by atoms with Gasteiger partial charge in [-0.25, -0.2) is 18.2 Å². The topological polar surface area (TPSA) is 109 Å². The first kappa shape index (κ1) is 22.2. The van der Waals surface area contributed by atoms with Gasteiger partial charge in [0, 0.05) is 24.3 Å². The van der Waals surface area contributed by atoms with Crippen LogP contribution in [-0.2, 0) is 10.0 Å². The minimum atomic E-state index is -4.12. The van der Waals surface area contributed by atoms with E-state index in [1.807, 2.05) is 4.90 Å². The summed E-state index contributed by atoms with van der Waals surface area (Å²) in [5.41, 5.74) is -0.000875. The largest absolute Gasteiger partial charge is 0.495 e. The molecule has 2 aromatic rings. The minimum absolute atomic E-state index is 0.109. The maximum absolute atomic E-state index is 13.1. The number of carboxylic acid groups (broad SMARTS) is 1. The average molecular weight is 454 g/mol. The van der Waals surface area contributed by atoms with Crippen molar-refractivity contribution in [1.29, 1.82) is 0 Å². The molecule has 0 amide bonds. The van der Waals surface area contributed by atoms with E-state index in [0.29, 0.717) is 18.9 Å². The van der Waals surface area contributed by atoms with E-state index in [4.69, 9.17) is 16.3 Å². The van der Waals surface area contributed by atoms with Gasteiger partial charge >= 0.3 is 5.97 Å². The first-order valence-corrected chi connectivity index (χ1v) is 11.5. The SMILES string of the molecule is COc1ccc(Cl)cc1S(=O)(=O)Nc1cc(C(=O)O)cnc1N1CCCCCCC1. The lowest BCUT2D eigenvalue weighted by molar-refractivity contribution is 0.0696. The number of ether oxygens (including phenoxy) is 1. The van der Waals surface area contributed by atoms with E-state index in [1.165, 1.54) is 44.0 Å². The van der Waals surface area contributed by atoms with Crippen molar-refractivity contribution in [2.24, 2.45) is 0 Å². The smallest absolute Gasteiger partial charge is 0.337 e. The number of halogens is 1. The molecule has 0 saturated carbocycles. The third-order valence-electron chi connectivity index (χ3n) is 4.93. The molecule has 1 saturated heterocycles. The zero-order valence-corrected chi connectivity index (χ0v) is 18.2. The summed E-state index contributed by atoms with van der Waals surface area (Å²) >= 11 is 5.99. The van der Waals surface area contributed by atoms with Gasteiger partial charge in [0.1, 0.15) is 10.6 Å². The van der Waals surface area contributed by atoms with Gasteiger partial charge in [0.25, 0.3) is 10.0 Å². The van der Waals surface area contributed by atoms with Gasteiger partial charge in [-0.1, -0.05) is 30.9 Å². The zero-order valence-electron chi connectivity index (χ0n) is 16.6. The number of carbonyl (C=O) groups is 1. The highest BCUT2D eigenvalue weighted by Gasteiger charge is 2.24. The van der Waals surface area contributed by atoms with Gasteiger partial charge in [-0.3, -0.25) is 4.72 Å². The van der Waals surface area contributed by atoms with Gasteiger partial charge in [-0.15, -0.1) is 0 Å². The van der Waals surface area contributed by atoms with Crippen LogP contribution in [0.2, 0.25) is 5.02 Å². The summed E-state index contributed by atoms with van der Waals surface area (Å²) < 4.78 is 33.9. The van der Waals surface area contributed by atoms with E-state index < -0.39 is 16.0 Å². The molecule has 0 atom stereocenters. The molecule has 1 fully saturated rings. The lowest BCUT2D eigenvalue weighted by Crippen LogP contribution is -2.29. The Balaban J connectivity index is 2.03. The van der Waals surface area contributed by atoms with Crippen molar-refractivity contribution in [3.8, 4) is 5.75 Å². The van der Waals surface area contributed by atoms with Gasteiger partial charge < -0.3 is 14.7 Å². The van der Waals surface area contributed by atoms with Crippen molar-refractivity contribution in [3.63, 3.8) is 0 Å². The summed E-state index contributed by atoms with van der Waals surface area (Å²) in [6.07, 6.45) is 6.50. The lowest BCUT2D eigenvalue weighted by Gasteiger charge is -2.28. The van der Waals surface area contributed by atoms with E-state index in [2.05, 4.69) is 9.71 Å². The van der Waals surface area contributed by atoms with Crippen LogP contribution in [0.25, 0.3) is 0 Å². The average Bonchev–Trinajstić information content (AvgIpc) is 2.68. The van der Waals surface area contributed by atoms with Crippen LogP contribution >= 0.6 is 11.6 Å². The molecule has 8 nitrogen and oxygen atoms in total. The predicted octanol–water partition coefficient (Wildman–Crippen LogP) is 4.01. The molecule has 1 aromatic heterocycles. The highest BCUT2D eigenvalue weighted by Crippen LogP contribution is 2.32. The molecule has 2 heterocycles. The molecule has 0 unspecified atom stereocenters. The van der Waals surface area contributed by atoms with Crippen molar-refractivity contribution < 1.29 is 23.1 Å². The van der Waals surface area contributed by atoms with Crippen LogP contribution in [0.3, 0.4) is 0 Å². The quantitative estimate of drug-likeness (QED) is 0.679. The van der Waals surface area contributed by atoms with E-state index in [9.17, 15) is 18.3 Å². The Bertz CT molecular complexity index is 1020. The highest BCUT2D eigenvalue weighted by molar-refractivity contribution is 7.92. The molecule has 3 rings (SSSR count). The number of rotatable bonds is 6.